The van der Waals surface area contributed by atoms with Crippen molar-refractivity contribution in [2.24, 2.45) is 0 Å². The van der Waals surface area contributed by atoms with Crippen LogP contribution in [-0.4, -0.2) is 59.9 Å². The Morgan fingerprint density at radius 3 is 2.33 bits per heavy atom. The highest BCUT2D eigenvalue weighted by Gasteiger charge is 2.46. The molecule has 18 nitrogen and oxygen atoms in total. The van der Waals surface area contributed by atoms with Gasteiger partial charge < -0.3 is 49.3 Å². The minimum Gasteiger partial charge on any atom is -0.790 e. The van der Waals surface area contributed by atoms with Crippen LogP contribution in [-0.2, 0) is 31.6 Å². The van der Waals surface area contributed by atoms with Gasteiger partial charge in [-0.05, 0) is 12.8 Å². The molecule has 1 saturated heterocycles. The quantitative estimate of drug-likeness (QED) is 0.202. The predicted octanol–water partition coefficient (Wildman–Crippen LogP) is -1.34. The Morgan fingerprint density at radius 1 is 1.03 bits per heavy atom. The Kier molecular flexibility index (Phi) is 9.58. The van der Waals surface area contributed by atoms with Crippen molar-refractivity contribution in [1.82, 2.24) is 19.5 Å². The highest BCUT2D eigenvalue weighted by molar-refractivity contribution is 7.99. The first-order valence-corrected chi connectivity index (χ1v) is 16.8. The van der Waals surface area contributed by atoms with Gasteiger partial charge in [-0.3, -0.25) is 18.0 Å². The summed E-state index contributed by atoms with van der Waals surface area (Å²) in [6.07, 6.45) is 0.970. The van der Waals surface area contributed by atoms with E-state index in [0.717, 1.165) is 38.5 Å². The monoisotopic (exact) mass is 631 g/mol. The lowest BCUT2D eigenvalue weighted by atomic mass is 10.1. The Hall–Kier alpha value is -1.01. The van der Waals surface area contributed by atoms with Gasteiger partial charge in [0.1, 0.15) is 24.6 Å². The number of thioether (sulfide) groups is 1. The number of fused-ring (bicyclic) bond motifs is 1. The molecule has 2 aliphatic rings. The fourth-order valence-corrected chi connectivity index (χ4v) is 8.44. The molecule has 0 amide bonds. The molecule has 6 unspecified atom stereocenters. The number of aromatic nitrogens is 4. The Morgan fingerprint density at radius 2 is 1.69 bits per heavy atom. The maximum Gasteiger partial charge on any atom is 0.278 e. The van der Waals surface area contributed by atoms with Crippen LogP contribution in [0.3, 0.4) is 0 Å². The zero-order valence-electron chi connectivity index (χ0n) is 19.9. The van der Waals surface area contributed by atoms with Crippen molar-refractivity contribution >= 4 is 52.2 Å². The molecule has 2 aromatic rings. The number of hydrogen-bond donors (Lipinski definition) is 3. The number of aliphatic hydroxyl groups excluding tert-OH is 2. The summed E-state index contributed by atoms with van der Waals surface area (Å²) < 4.78 is 51.8. The van der Waals surface area contributed by atoms with Gasteiger partial charge in [0.15, 0.2) is 28.4 Å². The van der Waals surface area contributed by atoms with Gasteiger partial charge in [0.25, 0.3) is 15.6 Å². The number of nitrogen functional groups attached to an aromatic ring is 1. The van der Waals surface area contributed by atoms with Crippen LogP contribution >= 0.6 is 35.2 Å². The van der Waals surface area contributed by atoms with Crippen molar-refractivity contribution in [3.05, 3.63) is 6.33 Å². The van der Waals surface area contributed by atoms with E-state index in [0.29, 0.717) is 5.16 Å². The maximum absolute atomic E-state index is 11.9. The van der Waals surface area contributed by atoms with E-state index in [9.17, 15) is 43.5 Å². The van der Waals surface area contributed by atoms with Crippen molar-refractivity contribution in [1.29, 1.82) is 0 Å². The summed E-state index contributed by atoms with van der Waals surface area (Å²) in [6.45, 7) is -1.07. The van der Waals surface area contributed by atoms with E-state index in [-0.39, 0.29) is 22.2 Å². The van der Waals surface area contributed by atoms with Crippen molar-refractivity contribution < 1.29 is 61.4 Å². The van der Waals surface area contributed by atoms with Crippen molar-refractivity contribution in [2.75, 3.05) is 12.3 Å². The second-order valence-electron chi connectivity index (χ2n) is 8.77. The Balaban J connectivity index is 1.54. The maximum atomic E-state index is 11.9. The molecule has 4 N–H and O–H groups in total. The molecule has 0 spiro atoms. The highest BCUT2D eigenvalue weighted by atomic mass is 32.2. The smallest absolute Gasteiger partial charge is 0.278 e. The molecule has 0 radical (unpaired) electrons. The summed E-state index contributed by atoms with van der Waals surface area (Å²) in [5.74, 6) is 0.0591. The van der Waals surface area contributed by atoms with E-state index in [1.807, 2.05) is 0 Å². The van der Waals surface area contributed by atoms with Crippen molar-refractivity contribution in [3.8, 4) is 0 Å². The minimum absolute atomic E-state index is 0.0591. The molecule has 220 valence electrons. The number of hydrogen-bond acceptors (Lipinski definition) is 18. The largest absolute Gasteiger partial charge is 0.790 e. The molecular weight excluding hydrogens is 607 g/mol. The minimum atomic E-state index is -6.17. The van der Waals surface area contributed by atoms with Crippen LogP contribution in [0.25, 0.3) is 11.2 Å². The number of imidazole rings is 1. The van der Waals surface area contributed by atoms with Crippen LogP contribution in [0.2, 0.25) is 0 Å². The average Bonchev–Trinajstić information content (AvgIpc) is 3.15. The van der Waals surface area contributed by atoms with Gasteiger partial charge in [-0.2, -0.15) is 0 Å². The second-order valence-corrected chi connectivity index (χ2v) is 14.3. The number of phosphoric acid groups is 3. The van der Waals surface area contributed by atoms with E-state index in [1.54, 1.807) is 0 Å². The predicted molar refractivity (Wildman–Crippen MR) is 124 cm³/mol. The molecule has 22 heteroatoms. The number of anilines is 1. The van der Waals surface area contributed by atoms with E-state index >= 15 is 0 Å². The zero-order valence-corrected chi connectivity index (χ0v) is 23.4. The summed E-state index contributed by atoms with van der Waals surface area (Å²) in [5, 5.41) is 21.9. The summed E-state index contributed by atoms with van der Waals surface area (Å²) in [6, 6.07) is 0. The van der Waals surface area contributed by atoms with Crippen LogP contribution in [0, 0.1) is 0 Å². The van der Waals surface area contributed by atoms with Crippen LogP contribution < -0.4 is 25.3 Å². The fourth-order valence-electron chi connectivity index (χ4n) is 4.26. The van der Waals surface area contributed by atoms with Gasteiger partial charge in [-0.1, -0.05) is 37.4 Å². The number of rotatable bonds is 10. The average molecular weight is 631 g/mol. The topological polar surface area (TPSA) is 290 Å². The van der Waals surface area contributed by atoms with Gasteiger partial charge in [-0.25, -0.2) is 19.3 Å². The Labute approximate surface area is 225 Å². The van der Waals surface area contributed by atoms with Gasteiger partial charge in [0.2, 0.25) is 0 Å². The number of ether oxygens (including phenoxy) is 1. The molecule has 2 fully saturated rings. The molecule has 1 aliphatic carbocycles. The lowest BCUT2D eigenvalue weighted by Crippen LogP contribution is -2.34. The normalized spacial score (nSPS) is 28.3. The third kappa shape index (κ3) is 7.84. The highest BCUT2D eigenvalue weighted by Crippen LogP contribution is 2.60. The van der Waals surface area contributed by atoms with Gasteiger partial charge >= 0.3 is 0 Å². The lowest BCUT2D eigenvalue weighted by Gasteiger charge is -2.37. The van der Waals surface area contributed by atoms with Crippen molar-refractivity contribution in [3.63, 3.8) is 0 Å². The standard InChI is InChI=1S/C17H28N5O13P3S/c18-14-11-15(20-8-19-14)22(17(21-11)39-9-5-3-1-2-4-6-9)16-13(24)12(23)10(33-16)7-32-37(28,29)35-38(30,31)34-36(25,26)27/h8-10,12-13,16,23-24H,1-7H2,(H,28,29)(H,30,31)(H2,18,19,20)(H2,25,26,27)/p-4. The second kappa shape index (κ2) is 12.1. The van der Waals surface area contributed by atoms with Crippen LogP contribution in [0.4, 0.5) is 5.82 Å². The zero-order chi connectivity index (χ0) is 28.6. The van der Waals surface area contributed by atoms with Gasteiger partial charge in [-0.15, -0.1) is 0 Å². The molecule has 6 atom stereocenters. The molecular formula is C17H24N5O13P3S-4. The van der Waals surface area contributed by atoms with E-state index < -0.39 is 54.6 Å². The SMILES string of the molecule is Nc1ncnc2c1nc(SC1CCCCCC1)n2C1OC(COP(=O)([O-])OP(=O)([O-])OP(=O)([O-])[O-])C(O)C1O. The fraction of sp³-hybridized carbons (Fsp3) is 0.706. The third-order valence-corrected chi connectivity index (χ3v) is 10.9. The molecule has 4 rings (SSSR count). The first-order valence-electron chi connectivity index (χ1n) is 11.5. The molecule has 1 saturated carbocycles. The molecule has 0 bridgehead atoms. The molecule has 1 aliphatic heterocycles. The number of phosphoric ester groups is 1. The van der Waals surface area contributed by atoms with Crippen LogP contribution in [0.15, 0.2) is 11.5 Å². The summed E-state index contributed by atoms with van der Waals surface area (Å²) in [4.78, 5) is 56.8. The number of aliphatic hydroxyl groups is 2. The van der Waals surface area contributed by atoms with Gasteiger partial charge in [0.05, 0.1) is 14.4 Å². The van der Waals surface area contributed by atoms with E-state index in [4.69, 9.17) is 10.5 Å². The lowest BCUT2D eigenvalue weighted by molar-refractivity contribution is -0.339. The summed E-state index contributed by atoms with van der Waals surface area (Å²) in [7, 11) is -18.2. The molecule has 2 aromatic heterocycles. The van der Waals surface area contributed by atoms with Crippen molar-refractivity contribution in [2.45, 2.75) is 73.5 Å². The molecule has 0 aromatic carbocycles. The first-order chi connectivity index (χ1) is 18.2. The van der Waals surface area contributed by atoms with Crippen LogP contribution in [0.5, 0.6) is 0 Å². The molecule has 39 heavy (non-hydrogen) atoms. The Bertz CT molecular complexity index is 1320. The van der Waals surface area contributed by atoms with E-state index in [1.165, 1.54) is 22.7 Å². The van der Waals surface area contributed by atoms with Crippen LogP contribution in [0.1, 0.15) is 44.8 Å². The number of nitrogens with two attached hydrogens (primary N) is 1. The number of nitrogens with zero attached hydrogens (tertiary/aromatic N) is 4. The van der Waals surface area contributed by atoms with Gasteiger partial charge in [0, 0.05) is 5.25 Å². The van der Waals surface area contributed by atoms with E-state index in [2.05, 4.69) is 28.1 Å². The summed E-state index contributed by atoms with van der Waals surface area (Å²) >= 11 is 1.42. The summed E-state index contributed by atoms with van der Waals surface area (Å²) in [5.41, 5.74) is 6.36. The first kappa shape index (κ1) is 30.9. The third-order valence-electron chi connectivity index (χ3n) is 5.94. The molecule has 3 heterocycles.